The predicted molar refractivity (Wildman–Crippen MR) is 87.6 cm³/mol. The van der Waals surface area contributed by atoms with Crippen molar-refractivity contribution in [3.05, 3.63) is 66.6 Å². The van der Waals surface area contributed by atoms with E-state index in [1.807, 2.05) is 0 Å². The molecule has 1 radical (unpaired) electrons. The van der Waals surface area contributed by atoms with Gasteiger partial charge in [-0.2, -0.15) is 0 Å². The minimum Gasteiger partial charge on any atom is -0.341 e. The molecule has 3 aromatic rings. The Kier molecular flexibility index (Phi) is 4.09. The van der Waals surface area contributed by atoms with Crippen molar-refractivity contribution in [3.8, 4) is 22.6 Å². The fourth-order valence-electron chi connectivity index (χ4n) is 2.54. The Morgan fingerprint density at radius 3 is 2.60 bits per heavy atom. The minimum atomic E-state index is -0.621. The van der Waals surface area contributed by atoms with Crippen LogP contribution in [0.15, 0.2) is 48.7 Å². The van der Waals surface area contributed by atoms with Crippen molar-refractivity contribution in [2.45, 2.75) is 6.29 Å². The molecule has 0 aliphatic carbocycles. The molecule has 1 aromatic carbocycles. The van der Waals surface area contributed by atoms with Gasteiger partial charge in [0.15, 0.2) is 12.2 Å². The first-order chi connectivity index (χ1) is 12.2. The number of aromatic nitrogens is 4. The van der Waals surface area contributed by atoms with Crippen molar-refractivity contribution in [2.24, 2.45) is 0 Å². The maximum atomic E-state index is 13.3. The van der Waals surface area contributed by atoms with Gasteiger partial charge in [0.25, 0.3) is 0 Å². The summed E-state index contributed by atoms with van der Waals surface area (Å²) in [5.74, 6) is 0.203. The Labute approximate surface area is 143 Å². The van der Waals surface area contributed by atoms with E-state index in [0.717, 1.165) is 11.1 Å². The van der Waals surface area contributed by atoms with Crippen LogP contribution in [-0.2, 0) is 9.47 Å². The van der Waals surface area contributed by atoms with Crippen molar-refractivity contribution in [2.75, 3.05) is 13.2 Å². The number of H-pyrrole nitrogens is 1. The number of nitrogens with one attached hydrogen (secondary N) is 1. The van der Waals surface area contributed by atoms with Crippen molar-refractivity contribution in [1.29, 1.82) is 0 Å². The summed E-state index contributed by atoms with van der Waals surface area (Å²) in [6.45, 7) is 4.65. The predicted octanol–water partition coefficient (Wildman–Crippen LogP) is 3.07. The molecule has 0 atom stereocenters. The minimum absolute atomic E-state index is 0.311. The largest absolute Gasteiger partial charge is 0.341 e. The highest BCUT2D eigenvalue weighted by Gasteiger charge is 2.25. The van der Waals surface area contributed by atoms with Gasteiger partial charge >= 0.3 is 0 Å². The third-order valence-corrected chi connectivity index (χ3v) is 3.73. The Balaban J connectivity index is 1.78. The molecule has 1 saturated heterocycles. The smallest absolute Gasteiger partial charge is 0.217 e. The fraction of sp³-hybridized carbons (Fsp3) is 0.167. The Morgan fingerprint density at radius 1 is 1.16 bits per heavy atom. The maximum Gasteiger partial charge on any atom is 0.217 e. The molecule has 0 amide bonds. The molecule has 0 unspecified atom stereocenters. The van der Waals surface area contributed by atoms with Crippen LogP contribution in [0, 0.1) is 12.1 Å². The molecular formula is C18H14FN4O2. The second-order valence-electron chi connectivity index (χ2n) is 5.60. The van der Waals surface area contributed by atoms with Crippen molar-refractivity contribution >= 4 is 0 Å². The van der Waals surface area contributed by atoms with Crippen LogP contribution < -0.4 is 0 Å². The van der Waals surface area contributed by atoms with Crippen molar-refractivity contribution in [3.63, 3.8) is 0 Å². The summed E-state index contributed by atoms with van der Waals surface area (Å²) in [5, 5.41) is 0. The van der Waals surface area contributed by atoms with E-state index in [-0.39, 0.29) is 5.82 Å². The summed E-state index contributed by atoms with van der Waals surface area (Å²) >= 11 is 0. The monoisotopic (exact) mass is 337 g/mol. The zero-order chi connectivity index (χ0) is 17.2. The molecule has 25 heavy (non-hydrogen) atoms. The van der Waals surface area contributed by atoms with Crippen LogP contribution in [0.25, 0.3) is 22.6 Å². The zero-order valence-corrected chi connectivity index (χ0v) is 13.2. The zero-order valence-electron chi connectivity index (χ0n) is 13.2. The number of nitrogens with zero attached hydrogens (tertiary/aromatic N) is 3. The van der Waals surface area contributed by atoms with Crippen LogP contribution in [0.1, 0.15) is 12.1 Å². The summed E-state index contributed by atoms with van der Waals surface area (Å²) in [6, 6.07) is 7.84. The lowest BCUT2D eigenvalue weighted by molar-refractivity contribution is -0.165. The van der Waals surface area contributed by atoms with Crippen LogP contribution in [0.2, 0.25) is 0 Å². The van der Waals surface area contributed by atoms with E-state index < -0.39 is 6.29 Å². The number of ether oxygens (including phenoxy) is 2. The van der Waals surface area contributed by atoms with Gasteiger partial charge in [-0.1, -0.05) is 6.58 Å². The van der Waals surface area contributed by atoms with E-state index in [2.05, 4.69) is 32.8 Å². The molecular weight excluding hydrogens is 323 g/mol. The molecule has 2 aromatic heterocycles. The average Bonchev–Trinajstić information content (AvgIpc) is 3.09. The number of imidazole rings is 1. The topological polar surface area (TPSA) is 72.9 Å². The fourth-order valence-corrected chi connectivity index (χ4v) is 2.54. The van der Waals surface area contributed by atoms with Crippen molar-refractivity contribution in [1.82, 2.24) is 19.9 Å². The number of halogens is 1. The second-order valence-corrected chi connectivity index (χ2v) is 5.60. The van der Waals surface area contributed by atoms with E-state index in [9.17, 15) is 4.39 Å². The quantitative estimate of drug-likeness (QED) is 0.744. The van der Waals surface area contributed by atoms with Gasteiger partial charge in [-0.25, -0.2) is 19.3 Å². The third-order valence-electron chi connectivity index (χ3n) is 3.73. The van der Waals surface area contributed by atoms with E-state index >= 15 is 0 Å². The Morgan fingerprint density at radius 2 is 1.92 bits per heavy atom. The first kappa shape index (κ1) is 15.6. The summed E-state index contributed by atoms with van der Waals surface area (Å²) in [6.07, 6.45) is 3.53. The summed E-state index contributed by atoms with van der Waals surface area (Å²) in [4.78, 5) is 15.8. The summed E-state index contributed by atoms with van der Waals surface area (Å²) in [7, 11) is 0. The molecule has 1 aliphatic rings. The number of benzene rings is 1. The first-order valence-electron chi connectivity index (χ1n) is 7.66. The number of hydrogen-bond donors (Lipinski definition) is 1. The maximum absolute atomic E-state index is 13.3. The van der Waals surface area contributed by atoms with Gasteiger partial charge in [-0.05, 0) is 35.9 Å². The normalized spacial score (nSPS) is 15.5. The summed E-state index contributed by atoms with van der Waals surface area (Å²) < 4.78 is 24.5. The SMILES string of the molecule is C=C1COC(c2nc(-c3ccc(F)cc3)c(-c3ccn[c]n3)[nH]2)OC1. The molecule has 1 aliphatic heterocycles. The molecule has 6 nitrogen and oxygen atoms in total. The van der Waals surface area contributed by atoms with E-state index in [1.165, 1.54) is 12.1 Å². The molecule has 0 spiro atoms. The van der Waals surface area contributed by atoms with Crippen LogP contribution in [0.3, 0.4) is 0 Å². The molecule has 1 N–H and O–H groups in total. The molecule has 4 rings (SSSR count). The Hall–Kier alpha value is -2.90. The summed E-state index contributed by atoms with van der Waals surface area (Å²) in [5.41, 5.74) is 3.52. The van der Waals surface area contributed by atoms with Gasteiger partial charge in [0.2, 0.25) is 6.29 Å². The second kappa shape index (κ2) is 6.54. The highest BCUT2D eigenvalue weighted by atomic mass is 19.1. The van der Waals surface area contributed by atoms with Crippen LogP contribution in [0.5, 0.6) is 0 Å². The van der Waals surface area contributed by atoms with Gasteiger partial charge in [-0.3, -0.25) is 0 Å². The third kappa shape index (κ3) is 3.19. The lowest BCUT2D eigenvalue weighted by atomic mass is 10.1. The molecule has 3 heterocycles. The number of hydrogen-bond acceptors (Lipinski definition) is 5. The van der Waals surface area contributed by atoms with Gasteiger partial charge in [-0.15, -0.1) is 0 Å². The van der Waals surface area contributed by atoms with Gasteiger partial charge in [0, 0.05) is 11.8 Å². The standard InChI is InChI=1S/C18H14FN4O2/c1-11-8-24-18(25-9-11)17-22-15(12-2-4-13(19)5-3-12)16(23-17)14-6-7-20-10-21-14/h2-7,18H,1,8-9H2,(H,22,23). The number of aromatic amines is 1. The van der Waals surface area contributed by atoms with Crippen LogP contribution in [0.4, 0.5) is 4.39 Å². The van der Waals surface area contributed by atoms with Crippen molar-refractivity contribution < 1.29 is 13.9 Å². The number of rotatable bonds is 3. The van der Waals surface area contributed by atoms with E-state index in [1.54, 1.807) is 24.4 Å². The van der Waals surface area contributed by atoms with E-state index in [4.69, 9.17) is 9.47 Å². The highest BCUT2D eigenvalue weighted by molar-refractivity contribution is 5.76. The average molecular weight is 337 g/mol. The molecule has 1 fully saturated rings. The van der Waals surface area contributed by atoms with Crippen LogP contribution in [-0.4, -0.2) is 33.1 Å². The first-order valence-corrected chi connectivity index (χ1v) is 7.66. The Bertz CT molecular complexity index is 883. The molecule has 7 heteroatoms. The van der Waals surface area contributed by atoms with Gasteiger partial charge < -0.3 is 14.5 Å². The molecule has 0 bridgehead atoms. The molecule has 0 saturated carbocycles. The lowest BCUT2D eigenvalue weighted by Gasteiger charge is -2.22. The molecule has 125 valence electrons. The van der Waals surface area contributed by atoms with Gasteiger partial charge in [0.05, 0.1) is 30.3 Å². The highest BCUT2D eigenvalue weighted by Crippen LogP contribution is 2.32. The van der Waals surface area contributed by atoms with Crippen LogP contribution >= 0.6 is 0 Å². The van der Waals surface area contributed by atoms with Gasteiger partial charge in [0.1, 0.15) is 5.82 Å². The lowest BCUT2D eigenvalue weighted by Crippen LogP contribution is -2.20. The van der Waals surface area contributed by atoms with E-state index in [0.29, 0.717) is 36.1 Å².